The molecule has 0 saturated heterocycles. The molecule has 0 bridgehead atoms. The van der Waals surface area contributed by atoms with Crippen molar-refractivity contribution in [2.24, 2.45) is 0 Å². The number of fused-ring (bicyclic) bond motifs is 1. The zero-order valence-electron chi connectivity index (χ0n) is 13.4. The first-order chi connectivity index (χ1) is 12.0. The summed E-state index contributed by atoms with van der Waals surface area (Å²) < 4.78 is 5.38. The first-order valence-corrected chi connectivity index (χ1v) is 7.77. The van der Waals surface area contributed by atoms with E-state index in [1.54, 1.807) is 18.2 Å². The minimum Gasteiger partial charge on any atom is -0.482 e. The van der Waals surface area contributed by atoms with Gasteiger partial charge in [0.1, 0.15) is 11.4 Å². The Morgan fingerprint density at radius 3 is 2.64 bits per heavy atom. The molecule has 0 fully saturated rings. The van der Waals surface area contributed by atoms with E-state index < -0.39 is 10.9 Å². The van der Waals surface area contributed by atoms with Crippen molar-refractivity contribution < 1.29 is 9.53 Å². The van der Waals surface area contributed by atoms with Gasteiger partial charge in [-0.25, -0.2) is 0 Å². The highest BCUT2D eigenvalue weighted by Gasteiger charge is 2.25. The number of rotatable bonds is 3. The van der Waals surface area contributed by atoms with Crippen LogP contribution < -0.4 is 26.2 Å². The Bertz CT molecular complexity index is 1080. The molecule has 0 atom stereocenters. The van der Waals surface area contributed by atoms with Crippen molar-refractivity contribution in [1.82, 2.24) is 0 Å². The molecule has 3 aromatic carbocycles. The number of ether oxygens (including phenoxy) is 1. The van der Waals surface area contributed by atoms with E-state index in [-0.39, 0.29) is 18.2 Å². The first-order valence-electron chi connectivity index (χ1n) is 7.77. The van der Waals surface area contributed by atoms with Crippen molar-refractivity contribution in [2.75, 3.05) is 17.2 Å². The van der Waals surface area contributed by atoms with Crippen LogP contribution >= 0.6 is 0 Å². The lowest BCUT2D eigenvalue weighted by molar-refractivity contribution is -0.118. The van der Waals surface area contributed by atoms with Gasteiger partial charge in [-0.05, 0) is 36.2 Å². The average molecular weight is 334 g/mol. The van der Waals surface area contributed by atoms with Gasteiger partial charge >= 0.3 is 0 Å². The second-order valence-corrected chi connectivity index (χ2v) is 5.90. The number of carbonyl (C=O) groups excluding carboxylic acids is 1. The van der Waals surface area contributed by atoms with Crippen molar-refractivity contribution >= 4 is 23.0 Å². The minimum absolute atomic E-state index is 0.0727. The third-order valence-corrected chi connectivity index (χ3v) is 4.22. The van der Waals surface area contributed by atoms with E-state index in [0.29, 0.717) is 22.6 Å². The average Bonchev–Trinajstić information content (AvgIpc) is 2.62. The van der Waals surface area contributed by atoms with Crippen LogP contribution in [0.1, 0.15) is 5.56 Å². The first kappa shape index (κ1) is 15.1. The normalized spacial score (nSPS) is 13.1. The van der Waals surface area contributed by atoms with Crippen LogP contribution in [0, 0.1) is 6.92 Å². The van der Waals surface area contributed by atoms with E-state index in [9.17, 15) is 14.4 Å². The maximum Gasteiger partial charge on any atom is 0.262 e. The fraction of sp³-hybridized carbons (Fsp3) is 0.105. The molecule has 6 nitrogen and oxygen atoms in total. The quantitative estimate of drug-likeness (QED) is 0.718. The number of benzene rings is 2. The molecule has 1 amide bonds. The molecule has 1 heterocycles. The molecule has 1 aliphatic rings. The number of hydrogen-bond donors (Lipinski definition) is 2. The standard InChI is InChI=1S/C19H14N2O4/c1-10-4-2-3-5-12(10)21-17-16(18(23)19(17)24)11-6-7-13-14(8-11)25-9-15(22)20-13/h2-8,21H,9H2,1H3,(H,20,22). The summed E-state index contributed by atoms with van der Waals surface area (Å²) in [5, 5.41) is 5.75. The van der Waals surface area contributed by atoms with Crippen molar-refractivity contribution in [3.05, 3.63) is 68.5 Å². The van der Waals surface area contributed by atoms with E-state index >= 15 is 0 Å². The summed E-state index contributed by atoms with van der Waals surface area (Å²) in [5.41, 5.74) is 2.41. The Morgan fingerprint density at radius 2 is 1.84 bits per heavy atom. The molecule has 3 aromatic rings. The fourth-order valence-corrected chi connectivity index (χ4v) is 2.86. The number of para-hydroxylation sites is 1. The van der Waals surface area contributed by atoms with Crippen LogP contribution in [0.2, 0.25) is 0 Å². The van der Waals surface area contributed by atoms with Gasteiger partial charge in [-0.3, -0.25) is 14.4 Å². The summed E-state index contributed by atoms with van der Waals surface area (Å²) in [7, 11) is 0. The summed E-state index contributed by atoms with van der Waals surface area (Å²) in [5.74, 6) is 0.253. The number of nitrogens with one attached hydrogen (secondary N) is 2. The van der Waals surface area contributed by atoms with Gasteiger partial charge < -0.3 is 15.4 Å². The van der Waals surface area contributed by atoms with Crippen LogP contribution in [0.3, 0.4) is 0 Å². The van der Waals surface area contributed by atoms with Crippen LogP contribution in [0.15, 0.2) is 52.1 Å². The Labute approximate surface area is 142 Å². The molecule has 4 rings (SSSR count). The smallest absolute Gasteiger partial charge is 0.262 e. The predicted octanol–water partition coefficient (Wildman–Crippen LogP) is 2.33. The summed E-state index contributed by atoms with van der Waals surface area (Å²) in [6.45, 7) is 1.85. The monoisotopic (exact) mass is 334 g/mol. The highest BCUT2D eigenvalue weighted by atomic mass is 16.5. The molecular weight excluding hydrogens is 320 g/mol. The molecular formula is C19H14N2O4. The van der Waals surface area contributed by atoms with Crippen LogP contribution in [0.5, 0.6) is 5.75 Å². The SMILES string of the molecule is Cc1ccccc1Nc1c(-c2ccc3c(c2)OCC(=O)N3)c(=O)c1=O. The van der Waals surface area contributed by atoms with Gasteiger partial charge in [0, 0.05) is 5.69 Å². The highest BCUT2D eigenvalue weighted by Crippen LogP contribution is 2.35. The zero-order chi connectivity index (χ0) is 17.6. The number of aryl methyl sites for hydroxylation is 1. The van der Waals surface area contributed by atoms with Gasteiger partial charge in [-0.2, -0.15) is 0 Å². The lowest BCUT2D eigenvalue weighted by atomic mass is 9.97. The van der Waals surface area contributed by atoms with Crippen molar-refractivity contribution in [2.45, 2.75) is 6.92 Å². The molecule has 0 spiro atoms. The molecule has 0 unspecified atom stereocenters. The molecule has 0 saturated carbocycles. The minimum atomic E-state index is -0.537. The van der Waals surface area contributed by atoms with Crippen LogP contribution in [-0.4, -0.2) is 12.5 Å². The summed E-state index contributed by atoms with van der Waals surface area (Å²) in [6, 6.07) is 12.5. The Balaban J connectivity index is 1.74. The molecule has 0 aromatic heterocycles. The summed E-state index contributed by atoms with van der Waals surface area (Å²) in [6.07, 6.45) is 0. The molecule has 0 aliphatic carbocycles. The maximum absolute atomic E-state index is 12.1. The van der Waals surface area contributed by atoms with Gasteiger partial charge in [0.15, 0.2) is 6.61 Å². The van der Waals surface area contributed by atoms with Crippen molar-refractivity contribution in [3.63, 3.8) is 0 Å². The highest BCUT2D eigenvalue weighted by molar-refractivity contribution is 5.96. The third-order valence-electron chi connectivity index (χ3n) is 4.22. The molecule has 6 heteroatoms. The fourth-order valence-electron chi connectivity index (χ4n) is 2.86. The summed E-state index contributed by atoms with van der Waals surface area (Å²) in [4.78, 5) is 35.5. The van der Waals surface area contributed by atoms with E-state index in [2.05, 4.69) is 10.6 Å². The molecule has 1 aliphatic heterocycles. The van der Waals surface area contributed by atoms with Gasteiger partial charge in [0.05, 0.1) is 11.3 Å². The van der Waals surface area contributed by atoms with E-state index in [0.717, 1.165) is 11.3 Å². The van der Waals surface area contributed by atoms with Crippen LogP contribution in [-0.2, 0) is 4.79 Å². The maximum atomic E-state index is 12.1. The number of anilines is 3. The number of carbonyl (C=O) groups is 1. The molecule has 2 N–H and O–H groups in total. The molecule has 0 radical (unpaired) electrons. The summed E-state index contributed by atoms with van der Waals surface area (Å²) >= 11 is 0. The molecule has 25 heavy (non-hydrogen) atoms. The zero-order valence-corrected chi connectivity index (χ0v) is 13.4. The Kier molecular flexibility index (Phi) is 3.39. The Hall–Kier alpha value is -3.41. The van der Waals surface area contributed by atoms with Gasteiger partial charge in [0.25, 0.3) is 11.3 Å². The number of amides is 1. The predicted molar refractivity (Wildman–Crippen MR) is 95.4 cm³/mol. The third kappa shape index (κ3) is 2.48. The van der Waals surface area contributed by atoms with Crippen molar-refractivity contribution in [1.29, 1.82) is 0 Å². The van der Waals surface area contributed by atoms with Crippen LogP contribution in [0.4, 0.5) is 17.1 Å². The molecule has 124 valence electrons. The van der Waals surface area contributed by atoms with Gasteiger partial charge in [-0.15, -0.1) is 0 Å². The van der Waals surface area contributed by atoms with E-state index in [4.69, 9.17) is 4.74 Å². The second kappa shape index (κ2) is 5.59. The van der Waals surface area contributed by atoms with Crippen molar-refractivity contribution in [3.8, 4) is 16.9 Å². The largest absolute Gasteiger partial charge is 0.482 e. The Morgan fingerprint density at radius 1 is 1.04 bits per heavy atom. The van der Waals surface area contributed by atoms with E-state index in [1.165, 1.54) is 0 Å². The van der Waals surface area contributed by atoms with Gasteiger partial charge in [-0.1, -0.05) is 24.3 Å². The second-order valence-electron chi connectivity index (χ2n) is 5.90. The number of hydrogen-bond acceptors (Lipinski definition) is 5. The van der Waals surface area contributed by atoms with E-state index in [1.807, 2.05) is 31.2 Å². The van der Waals surface area contributed by atoms with Crippen LogP contribution in [0.25, 0.3) is 11.1 Å². The topological polar surface area (TPSA) is 84.5 Å². The lowest BCUT2D eigenvalue weighted by Crippen LogP contribution is -2.35. The van der Waals surface area contributed by atoms with Gasteiger partial charge in [0.2, 0.25) is 5.43 Å². The lowest BCUT2D eigenvalue weighted by Gasteiger charge is -2.20.